The summed E-state index contributed by atoms with van der Waals surface area (Å²) in [7, 11) is 0. The number of rotatable bonds is 6. The van der Waals surface area contributed by atoms with Crippen molar-refractivity contribution in [2.75, 3.05) is 6.61 Å². The summed E-state index contributed by atoms with van der Waals surface area (Å²) in [5.41, 5.74) is 6.57. The van der Waals surface area contributed by atoms with E-state index in [2.05, 4.69) is 0 Å². The standard InChI is InChI=1S/C19H16N2O4S/c20-17(22)12-25-15-9-5-4-8-14(15)10-16-18(23)21(19(24)26-16)11-13-6-2-1-3-7-13/h1-10H,11-12H2,(H2,20,22). The van der Waals surface area contributed by atoms with Crippen LogP contribution in [0.3, 0.4) is 0 Å². The Kier molecular flexibility index (Phi) is 5.38. The van der Waals surface area contributed by atoms with E-state index in [-0.39, 0.29) is 24.3 Å². The van der Waals surface area contributed by atoms with Gasteiger partial charge in [-0.2, -0.15) is 0 Å². The lowest BCUT2D eigenvalue weighted by molar-refractivity contribution is -0.123. The molecule has 2 aromatic carbocycles. The van der Waals surface area contributed by atoms with Crippen LogP contribution >= 0.6 is 11.8 Å². The Bertz CT molecular complexity index is 880. The molecule has 132 valence electrons. The minimum absolute atomic E-state index is 0.225. The van der Waals surface area contributed by atoms with E-state index in [1.807, 2.05) is 30.3 Å². The first-order valence-electron chi connectivity index (χ1n) is 7.84. The lowest BCUT2D eigenvalue weighted by atomic mass is 10.1. The number of carbonyl (C=O) groups is 3. The Balaban J connectivity index is 1.81. The van der Waals surface area contributed by atoms with E-state index < -0.39 is 5.91 Å². The molecule has 0 atom stereocenters. The van der Waals surface area contributed by atoms with Crippen LogP contribution in [0.25, 0.3) is 6.08 Å². The second kappa shape index (κ2) is 7.88. The van der Waals surface area contributed by atoms with E-state index in [4.69, 9.17) is 10.5 Å². The number of ether oxygens (including phenoxy) is 1. The highest BCUT2D eigenvalue weighted by Gasteiger charge is 2.35. The summed E-state index contributed by atoms with van der Waals surface area (Å²) in [4.78, 5) is 37.3. The molecule has 1 aliphatic rings. The molecule has 1 fully saturated rings. The van der Waals surface area contributed by atoms with Crippen LogP contribution in [0, 0.1) is 0 Å². The number of hydrogen-bond donors (Lipinski definition) is 1. The van der Waals surface area contributed by atoms with E-state index in [1.54, 1.807) is 30.3 Å². The van der Waals surface area contributed by atoms with Crippen molar-refractivity contribution >= 4 is 34.9 Å². The van der Waals surface area contributed by atoms with Crippen molar-refractivity contribution in [3.05, 3.63) is 70.6 Å². The van der Waals surface area contributed by atoms with Crippen LogP contribution in [0.4, 0.5) is 4.79 Å². The van der Waals surface area contributed by atoms with Gasteiger partial charge in [-0.05, 0) is 29.5 Å². The predicted molar refractivity (Wildman–Crippen MR) is 99.1 cm³/mol. The first kappa shape index (κ1) is 17.8. The lowest BCUT2D eigenvalue weighted by Crippen LogP contribution is -2.27. The molecule has 1 aliphatic heterocycles. The normalized spacial score (nSPS) is 15.5. The summed E-state index contributed by atoms with van der Waals surface area (Å²) in [6, 6.07) is 16.2. The fourth-order valence-corrected chi connectivity index (χ4v) is 3.25. The number of para-hydroxylation sites is 1. The third kappa shape index (κ3) is 4.12. The minimum Gasteiger partial charge on any atom is -0.483 e. The third-order valence-electron chi connectivity index (χ3n) is 3.63. The van der Waals surface area contributed by atoms with Crippen molar-refractivity contribution in [2.45, 2.75) is 6.54 Å². The maximum Gasteiger partial charge on any atom is 0.293 e. The molecule has 0 saturated carbocycles. The molecule has 2 aromatic rings. The Morgan fingerprint density at radius 3 is 2.50 bits per heavy atom. The van der Waals surface area contributed by atoms with Crippen molar-refractivity contribution < 1.29 is 19.1 Å². The maximum atomic E-state index is 12.6. The Morgan fingerprint density at radius 1 is 1.08 bits per heavy atom. The Labute approximate surface area is 154 Å². The molecule has 0 bridgehead atoms. The predicted octanol–water partition coefficient (Wildman–Crippen LogP) is 2.79. The highest BCUT2D eigenvalue weighted by atomic mass is 32.2. The molecule has 6 nitrogen and oxygen atoms in total. The zero-order valence-electron chi connectivity index (χ0n) is 13.8. The molecular formula is C19H16N2O4S. The number of hydrogen-bond acceptors (Lipinski definition) is 5. The highest BCUT2D eigenvalue weighted by molar-refractivity contribution is 8.18. The minimum atomic E-state index is -0.594. The Hall–Kier alpha value is -3.06. The smallest absolute Gasteiger partial charge is 0.293 e. The highest BCUT2D eigenvalue weighted by Crippen LogP contribution is 2.34. The van der Waals surface area contributed by atoms with Gasteiger partial charge in [0, 0.05) is 5.56 Å². The average molecular weight is 368 g/mol. The van der Waals surface area contributed by atoms with Gasteiger partial charge in [0.15, 0.2) is 6.61 Å². The van der Waals surface area contributed by atoms with Crippen LogP contribution in [0.15, 0.2) is 59.5 Å². The largest absolute Gasteiger partial charge is 0.483 e. The summed E-state index contributed by atoms with van der Waals surface area (Å²) in [6.45, 7) is -0.0387. The van der Waals surface area contributed by atoms with Crippen LogP contribution in [-0.2, 0) is 16.1 Å². The van der Waals surface area contributed by atoms with Crippen molar-refractivity contribution in [2.24, 2.45) is 5.73 Å². The van der Waals surface area contributed by atoms with Crippen LogP contribution in [0.2, 0.25) is 0 Å². The lowest BCUT2D eigenvalue weighted by Gasteiger charge is -2.12. The van der Waals surface area contributed by atoms with Crippen LogP contribution in [0.1, 0.15) is 11.1 Å². The van der Waals surface area contributed by atoms with Gasteiger partial charge in [0.05, 0.1) is 11.4 Å². The summed E-state index contributed by atoms with van der Waals surface area (Å²) < 4.78 is 5.36. The molecule has 1 saturated heterocycles. The van der Waals surface area contributed by atoms with Gasteiger partial charge in [-0.25, -0.2) is 0 Å². The fraction of sp³-hybridized carbons (Fsp3) is 0.105. The van der Waals surface area contributed by atoms with Gasteiger partial charge in [-0.3, -0.25) is 19.3 Å². The van der Waals surface area contributed by atoms with E-state index in [0.29, 0.717) is 16.2 Å². The third-order valence-corrected chi connectivity index (χ3v) is 4.54. The number of thioether (sulfide) groups is 1. The molecule has 26 heavy (non-hydrogen) atoms. The molecular weight excluding hydrogens is 352 g/mol. The zero-order chi connectivity index (χ0) is 18.5. The average Bonchev–Trinajstić information content (AvgIpc) is 2.89. The van der Waals surface area contributed by atoms with Crippen molar-refractivity contribution in [3.63, 3.8) is 0 Å². The number of imide groups is 1. The van der Waals surface area contributed by atoms with E-state index >= 15 is 0 Å². The number of nitrogens with zero attached hydrogens (tertiary/aromatic N) is 1. The van der Waals surface area contributed by atoms with Crippen LogP contribution in [0.5, 0.6) is 5.75 Å². The first-order valence-corrected chi connectivity index (χ1v) is 8.65. The second-order valence-corrected chi connectivity index (χ2v) is 6.54. The zero-order valence-corrected chi connectivity index (χ0v) is 14.6. The van der Waals surface area contributed by atoms with Gasteiger partial charge in [0.1, 0.15) is 5.75 Å². The molecule has 7 heteroatoms. The number of primary amides is 1. The Morgan fingerprint density at radius 2 is 1.77 bits per heavy atom. The summed E-state index contributed by atoms with van der Waals surface area (Å²) in [5, 5.41) is -0.319. The van der Waals surface area contributed by atoms with Gasteiger partial charge < -0.3 is 10.5 Å². The summed E-state index contributed by atoms with van der Waals surface area (Å²) >= 11 is 0.880. The van der Waals surface area contributed by atoms with Gasteiger partial charge in [-0.15, -0.1) is 0 Å². The molecule has 0 unspecified atom stereocenters. The maximum absolute atomic E-state index is 12.6. The summed E-state index contributed by atoms with van der Waals surface area (Å²) in [6.07, 6.45) is 1.59. The fourth-order valence-electron chi connectivity index (χ4n) is 2.42. The monoisotopic (exact) mass is 368 g/mol. The molecule has 1 heterocycles. The first-order chi connectivity index (χ1) is 12.5. The van der Waals surface area contributed by atoms with Gasteiger partial charge >= 0.3 is 0 Å². The van der Waals surface area contributed by atoms with E-state index in [1.165, 1.54) is 4.90 Å². The molecule has 3 rings (SSSR count). The SMILES string of the molecule is NC(=O)COc1ccccc1C=C1SC(=O)N(Cc2ccccc2)C1=O. The topological polar surface area (TPSA) is 89.7 Å². The van der Waals surface area contributed by atoms with Gasteiger partial charge in [-0.1, -0.05) is 48.5 Å². The quantitative estimate of drug-likeness (QED) is 0.792. The van der Waals surface area contributed by atoms with Crippen molar-refractivity contribution in [1.82, 2.24) is 4.90 Å². The number of nitrogens with two attached hydrogens (primary N) is 1. The van der Waals surface area contributed by atoms with Gasteiger partial charge in [0.25, 0.3) is 17.1 Å². The molecule has 0 spiro atoms. The number of amides is 3. The number of benzene rings is 2. The van der Waals surface area contributed by atoms with Crippen molar-refractivity contribution in [1.29, 1.82) is 0 Å². The molecule has 2 N–H and O–H groups in total. The molecule has 0 aliphatic carbocycles. The molecule has 0 aromatic heterocycles. The van der Waals surface area contributed by atoms with Crippen LogP contribution < -0.4 is 10.5 Å². The summed E-state index contributed by atoms with van der Waals surface area (Å²) in [5.74, 6) is -0.530. The van der Waals surface area contributed by atoms with Gasteiger partial charge in [0.2, 0.25) is 0 Å². The van der Waals surface area contributed by atoms with Crippen LogP contribution in [-0.4, -0.2) is 28.6 Å². The van der Waals surface area contributed by atoms with E-state index in [0.717, 1.165) is 17.3 Å². The molecule has 0 radical (unpaired) electrons. The second-order valence-electron chi connectivity index (χ2n) is 5.55. The van der Waals surface area contributed by atoms with Crippen molar-refractivity contribution in [3.8, 4) is 5.75 Å². The number of carbonyl (C=O) groups excluding carboxylic acids is 3. The van der Waals surface area contributed by atoms with E-state index in [9.17, 15) is 14.4 Å². The molecule has 3 amide bonds.